The average Bonchev–Trinajstić information content (AvgIpc) is 2.56. The van der Waals surface area contributed by atoms with Gasteiger partial charge in [-0.1, -0.05) is 83.9 Å². The van der Waals surface area contributed by atoms with Crippen molar-refractivity contribution in [2.75, 3.05) is 13.2 Å². The number of unbranched alkanes of at least 4 members (excludes halogenated alkanes) is 10. The van der Waals surface area contributed by atoms with E-state index in [1.807, 2.05) is 0 Å². The largest absolute Gasteiger partial charge is 0.395 e. The number of carbonyl (C=O) groups is 1. The number of aliphatic hydroxyl groups is 1. The first-order chi connectivity index (χ1) is 12.2. The molecule has 0 heterocycles. The standard InChI is InChI=1S/C18H37NO2/c1-2-3-4-5-6-7-8-9-10-11-12-13-14-15-18(21)19-16-17-20/h20H,2-17H2,1H3,(H,19,21)/i1D3,2D2. The zero-order valence-corrected chi connectivity index (χ0v) is 13.5. The maximum Gasteiger partial charge on any atom is 0.220 e. The van der Waals surface area contributed by atoms with E-state index in [2.05, 4.69) is 5.32 Å². The number of carbonyl (C=O) groups excluding carboxylic acids is 1. The van der Waals surface area contributed by atoms with E-state index < -0.39 is 13.2 Å². The van der Waals surface area contributed by atoms with Gasteiger partial charge in [0.25, 0.3) is 0 Å². The van der Waals surface area contributed by atoms with Crippen LogP contribution in [-0.4, -0.2) is 24.2 Å². The maximum absolute atomic E-state index is 11.3. The predicted molar refractivity (Wildman–Crippen MR) is 90.4 cm³/mol. The monoisotopic (exact) mass is 304 g/mol. The summed E-state index contributed by atoms with van der Waals surface area (Å²) in [6, 6.07) is 0. The van der Waals surface area contributed by atoms with Crippen LogP contribution in [0.15, 0.2) is 0 Å². The van der Waals surface area contributed by atoms with Crippen LogP contribution in [0.1, 0.15) is 104 Å². The summed E-state index contributed by atoms with van der Waals surface area (Å²) in [6.07, 6.45) is 10.2. The molecule has 0 saturated heterocycles. The van der Waals surface area contributed by atoms with Crippen molar-refractivity contribution in [3.63, 3.8) is 0 Å². The molecule has 0 aromatic carbocycles. The van der Waals surface area contributed by atoms with Gasteiger partial charge in [0, 0.05) is 19.8 Å². The van der Waals surface area contributed by atoms with E-state index in [0.29, 0.717) is 19.4 Å². The van der Waals surface area contributed by atoms with Gasteiger partial charge >= 0.3 is 0 Å². The molecule has 0 bridgehead atoms. The lowest BCUT2D eigenvalue weighted by Crippen LogP contribution is -2.25. The zero-order chi connectivity index (χ0) is 19.9. The molecule has 2 N–H and O–H groups in total. The van der Waals surface area contributed by atoms with E-state index in [1.54, 1.807) is 0 Å². The fourth-order valence-electron chi connectivity index (χ4n) is 2.37. The molecule has 3 heteroatoms. The first-order valence-electron chi connectivity index (χ1n) is 11.1. The van der Waals surface area contributed by atoms with Crippen molar-refractivity contribution in [1.82, 2.24) is 5.32 Å². The number of hydrogen-bond donors (Lipinski definition) is 2. The molecule has 0 aromatic rings. The molecule has 3 nitrogen and oxygen atoms in total. The Morgan fingerprint density at radius 1 is 0.905 bits per heavy atom. The van der Waals surface area contributed by atoms with Crippen LogP contribution in [0.3, 0.4) is 0 Å². The first kappa shape index (κ1) is 12.9. The lowest BCUT2D eigenvalue weighted by atomic mass is 10.0. The zero-order valence-electron chi connectivity index (χ0n) is 18.5. The van der Waals surface area contributed by atoms with E-state index in [0.717, 1.165) is 38.5 Å². The van der Waals surface area contributed by atoms with Gasteiger partial charge in [-0.15, -0.1) is 0 Å². The summed E-state index contributed by atoms with van der Waals surface area (Å²) in [7, 11) is 0. The molecule has 0 aliphatic heterocycles. The molecule has 0 rings (SSSR count). The SMILES string of the molecule is [2H]C([2H])([2H])C([2H])([2H])CCCCCCCCCCCCCC(=O)NCCO. The number of hydrogen-bond acceptors (Lipinski definition) is 2. The van der Waals surface area contributed by atoms with Gasteiger partial charge in [0.15, 0.2) is 0 Å². The second-order valence-electron chi connectivity index (χ2n) is 5.64. The van der Waals surface area contributed by atoms with Crippen molar-refractivity contribution in [2.45, 2.75) is 96.7 Å². The number of rotatable bonds is 16. The summed E-state index contributed by atoms with van der Waals surface area (Å²) < 4.78 is 36.6. The van der Waals surface area contributed by atoms with E-state index in [1.165, 1.54) is 25.7 Å². The van der Waals surface area contributed by atoms with Gasteiger partial charge in [0.1, 0.15) is 0 Å². The van der Waals surface area contributed by atoms with Gasteiger partial charge < -0.3 is 10.4 Å². The molecule has 0 aromatic heterocycles. The van der Waals surface area contributed by atoms with E-state index in [4.69, 9.17) is 12.0 Å². The van der Waals surface area contributed by atoms with Gasteiger partial charge in [0.05, 0.1) is 6.61 Å². The highest BCUT2D eigenvalue weighted by molar-refractivity contribution is 5.75. The fraction of sp³-hybridized carbons (Fsp3) is 0.944. The van der Waals surface area contributed by atoms with Gasteiger partial charge in [-0.2, -0.15) is 0 Å². The van der Waals surface area contributed by atoms with Crippen molar-refractivity contribution in [2.24, 2.45) is 0 Å². The second-order valence-corrected chi connectivity index (χ2v) is 5.64. The lowest BCUT2D eigenvalue weighted by Gasteiger charge is -2.04. The van der Waals surface area contributed by atoms with Crippen molar-refractivity contribution < 1.29 is 16.8 Å². The Morgan fingerprint density at radius 2 is 1.38 bits per heavy atom. The molecule has 0 unspecified atom stereocenters. The van der Waals surface area contributed by atoms with Crippen LogP contribution in [0.2, 0.25) is 0 Å². The molecule has 0 atom stereocenters. The van der Waals surface area contributed by atoms with Crippen LogP contribution in [-0.2, 0) is 4.79 Å². The minimum Gasteiger partial charge on any atom is -0.395 e. The topological polar surface area (TPSA) is 49.3 Å². The summed E-state index contributed by atoms with van der Waals surface area (Å²) in [5.41, 5.74) is 0. The van der Waals surface area contributed by atoms with Crippen LogP contribution in [0, 0.1) is 0 Å². The smallest absolute Gasteiger partial charge is 0.220 e. The number of aliphatic hydroxyl groups excluding tert-OH is 1. The average molecular weight is 305 g/mol. The Morgan fingerprint density at radius 3 is 1.86 bits per heavy atom. The van der Waals surface area contributed by atoms with E-state index in [9.17, 15) is 4.79 Å². The minimum absolute atomic E-state index is 0.0107. The molecular formula is C18H37NO2. The van der Waals surface area contributed by atoms with E-state index >= 15 is 0 Å². The Labute approximate surface area is 138 Å². The molecule has 1 amide bonds. The molecule has 0 aliphatic carbocycles. The van der Waals surface area contributed by atoms with Crippen molar-refractivity contribution in [3.8, 4) is 0 Å². The second kappa shape index (κ2) is 17.5. The lowest BCUT2D eigenvalue weighted by molar-refractivity contribution is -0.121. The van der Waals surface area contributed by atoms with Crippen LogP contribution in [0.25, 0.3) is 0 Å². The number of amides is 1. The van der Waals surface area contributed by atoms with Gasteiger partial charge in [-0.3, -0.25) is 4.79 Å². The highest BCUT2D eigenvalue weighted by atomic mass is 16.3. The third-order valence-electron chi connectivity index (χ3n) is 3.64. The van der Waals surface area contributed by atoms with Crippen molar-refractivity contribution >= 4 is 5.91 Å². The van der Waals surface area contributed by atoms with Gasteiger partial charge in [-0.05, 0) is 6.42 Å². The van der Waals surface area contributed by atoms with Crippen LogP contribution >= 0.6 is 0 Å². The van der Waals surface area contributed by atoms with Crippen molar-refractivity contribution in [1.29, 1.82) is 0 Å². The Bertz CT molecular complexity index is 362. The Kier molecular flexibility index (Phi) is 10.8. The number of nitrogens with one attached hydrogen (secondary N) is 1. The summed E-state index contributed by atoms with van der Waals surface area (Å²) >= 11 is 0. The molecule has 0 saturated carbocycles. The summed E-state index contributed by atoms with van der Waals surface area (Å²) in [5, 5.41) is 11.2. The molecule has 21 heavy (non-hydrogen) atoms. The molecule has 0 fully saturated rings. The van der Waals surface area contributed by atoms with Gasteiger partial charge in [-0.25, -0.2) is 0 Å². The molecule has 0 aliphatic rings. The van der Waals surface area contributed by atoms with Crippen LogP contribution < -0.4 is 5.32 Å². The molecule has 0 spiro atoms. The molecule has 126 valence electrons. The van der Waals surface area contributed by atoms with E-state index in [-0.39, 0.29) is 18.9 Å². The third-order valence-corrected chi connectivity index (χ3v) is 3.64. The van der Waals surface area contributed by atoms with Crippen LogP contribution in [0.4, 0.5) is 0 Å². The minimum atomic E-state index is -2.52. The summed E-state index contributed by atoms with van der Waals surface area (Å²) in [5.74, 6) is 0.0194. The summed E-state index contributed by atoms with van der Waals surface area (Å²) in [6.45, 7) is -2.19. The predicted octanol–water partition coefficient (Wildman–Crippen LogP) is 4.58. The molecule has 0 radical (unpaired) electrons. The summed E-state index contributed by atoms with van der Waals surface area (Å²) in [4.78, 5) is 11.3. The fourth-order valence-corrected chi connectivity index (χ4v) is 2.37. The third kappa shape index (κ3) is 17.4. The maximum atomic E-state index is 11.3. The highest BCUT2D eigenvalue weighted by Gasteiger charge is 1.99. The first-order valence-corrected chi connectivity index (χ1v) is 8.58. The molecular weight excluding hydrogens is 262 g/mol. The Balaban J connectivity index is 3.31. The Hall–Kier alpha value is -0.570. The quantitative estimate of drug-likeness (QED) is 0.410. The normalized spacial score (nSPS) is 15.6. The van der Waals surface area contributed by atoms with Crippen molar-refractivity contribution in [3.05, 3.63) is 0 Å². The van der Waals surface area contributed by atoms with Gasteiger partial charge in [0.2, 0.25) is 5.91 Å². The highest BCUT2D eigenvalue weighted by Crippen LogP contribution is 2.12. The van der Waals surface area contributed by atoms with Crippen LogP contribution in [0.5, 0.6) is 0 Å².